The third kappa shape index (κ3) is 5.48. The zero-order valence-electron chi connectivity index (χ0n) is 9.60. The maximum atomic E-state index is 11.7. The minimum atomic E-state index is -3.39. The van der Waals surface area contributed by atoms with E-state index >= 15 is 0 Å². The highest BCUT2D eigenvalue weighted by atomic mass is 35.5. The molecule has 0 radical (unpaired) electrons. The van der Waals surface area contributed by atoms with E-state index in [1.807, 2.05) is 0 Å². The molecular weight excluding hydrogens is 260 g/mol. The normalized spacial score (nSPS) is 11.6. The van der Waals surface area contributed by atoms with Crippen LogP contribution >= 0.6 is 11.6 Å². The molecule has 1 heterocycles. The van der Waals surface area contributed by atoms with Crippen LogP contribution in [0.1, 0.15) is 25.7 Å². The summed E-state index contributed by atoms with van der Waals surface area (Å²) in [6.07, 6.45) is 6.73. The van der Waals surface area contributed by atoms with Crippen LogP contribution in [0.25, 0.3) is 0 Å². The Hall–Kier alpha value is -0.650. The third-order valence-corrected chi connectivity index (χ3v) is 4.01. The number of rotatable bonds is 8. The van der Waals surface area contributed by atoms with Crippen molar-refractivity contribution in [3.63, 3.8) is 0 Å². The molecule has 0 aliphatic heterocycles. The number of hydrogen-bond acceptors (Lipinski definition) is 3. The molecule has 1 aromatic heterocycles. The summed E-state index contributed by atoms with van der Waals surface area (Å²) in [5.41, 5.74) is 0. The predicted octanol–water partition coefficient (Wildman–Crippen LogP) is 2.16. The molecule has 6 heteroatoms. The highest BCUT2D eigenvalue weighted by Crippen LogP contribution is 2.06. The molecule has 0 aliphatic rings. The first-order valence-corrected chi connectivity index (χ1v) is 7.64. The monoisotopic (exact) mass is 276 g/mol. The summed E-state index contributed by atoms with van der Waals surface area (Å²) in [5, 5.41) is 0. The molecule has 0 fully saturated rings. The van der Waals surface area contributed by atoms with Crippen LogP contribution in [-0.4, -0.2) is 25.8 Å². The average Bonchev–Trinajstić information content (AvgIpc) is 2.35. The molecule has 0 spiro atoms. The lowest BCUT2D eigenvalue weighted by atomic mass is 10.2. The smallest absolute Gasteiger partial charge is 0.242 e. The van der Waals surface area contributed by atoms with Gasteiger partial charge in [0.25, 0.3) is 0 Å². The Morgan fingerprint density at radius 3 is 2.65 bits per heavy atom. The number of sulfonamides is 1. The quantitative estimate of drug-likeness (QED) is 0.585. The molecule has 1 N–H and O–H groups in total. The number of alkyl halides is 1. The third-order valence-electron chi connectivity index (χ3n) is 2.30. The van der Waals surface area contributed by atoms with Crippen LogP contribution in [0.4, 0.5) is 0 Å². The summed E-state index contributed by atoms with van der Waals surface area (Å²) in [7, 11) is -3.39. The van der Waals surface area contributed by atoms with E-state index in [2.05, 4.69) is 9.71 Å². The van der Waals surface area contributed by atoms with E-state index < -0.39 is 10.0 Å². The molecule has 0 bridgehead atoms. The van der Waals surface area contributed by atoms with Gasteiger partial charge in [0.2, 0.25) is 10.0 Å². The Bertz CT molecular complexity index is 409. The highest BCUT2D eigenvalue weighted by Gasteiger charge is 2.12. The first kappa shape index (κ1) is 14.4. The van der Waals surface area contributed by atoms with E-state index in [0.717, 1.165) is 25.7 Å². The van der Waals surface area contributed by atoms with Crippen molar-refractivity contribution in [2.45, 2.75) is 30.6 Å². The van der Waals surface area contributed by atoms with Crippen molar-refractivity contribution < 1.29 is 8.42 Å². The SMILES string of the molecule is O=S(=O)(NCCCCCCCl)c1cccnc1. The summed E-state index contributed by atoms with van der Waals surface area (Å²) in [5.74, 6) is 0.668. The summed E-state index contributed by atoms with van der Waals surface area (Å²) < 4.78 is 26.0. The molecule has 0 saturated heterocycles. The van der Waals surface area contributed by atoms with Crippen LogP contribution in [0.5, 0.6) is 0 Å². The van der Waals surface area contributed by atoms with Crippen molar-refractivity contribution >= 4 is 21.6 Å². The first-order valence-electron chi connectivity index (χ1n) is 5.62. The number of unbranched alkanes of at least 4 members (excludes halogenated alkanes) is 3. The van der Waals surface area contributed by atoms with Crippen LogP contribution in [0.15, 0.2) is 29.4 Å². The van der Waals surface area contributed by atoms with Crippen molar-refractivity contribution in [2.75, 3.05) is 12.4 Å². The summed E-state index contributed by atoms with van der Waals surface area (Å²) in [6, 6.07) is 3.14. The molecule has 0 atom stereocenters. The van der Waals surface area contributed by atoms with E-state index in [1.54, 1.807) is 12.3 Å². The van der Waals surface area contributed by atoms with Gasteiger partial charge in [-0.1, -0.05) is 12.8 Å². The molecule has 0 aromatic carbocycles. The Kier molecular flexibility index (Phi) is 6.47. The molecule has 96 valence electrons. The molecule has 1 rings (SSSR count). The van der Waals surface area contributed by atoms with Crippen LogP contribution in [0.3, 0.4) is 0 Å². The van der Waals surface area contributed by atoms with Gasteiger partial charge in [0, 0.05) is 24.8 Å². The fraction of sp³-hybridized carbons (Fsp3) is 0.545. The highest BCUT2D eigenvalue weighted by molar-refractivity contribution is 7.89. The molecule has 0 amide bonds. The number of nitrogens with zero attached hydrogens (tertiary/aromatic N) is 1. The minimum absolute atomic E-state index is 0.209. The van der Waals surface area contributed by atoms with Crippen LogP contribution in [0, 0.1) is 0 Å². The van der Waals surface area contributed by atoms with Gasteiger partial charge < -0.3 is 0 Å². The van der Waals surface area contributed by atoms with E-state index in [1.165, 1.54) is 12.3 Å². The van der Waals surface area contributed by atoms with Crippen LogP contribution < -0.4 is 4.72 Å². The molecule has 0 aliphatic carbocycles. The number of nitrogens with one attached hydrogen (secondary N) is 1. The largest absolute Gasteiger partial charge is 0.263 e. The van der Waals surface area contributed by atoms with E-state index in [0.29, 0.717) is 12.4 Å². The van der Waals surface area contributed by atoms with Crippen molar-refractivity contribution in [3.8, 4) is 0 Å². The predicted molar refractivity (Wildman–Crippen MR) is 68.6 cm³/mol. The Morgan fingerprint density at radius 2 is 2.00 bits per heavy atom. The number of halogens is 1. The molecule has 1 aromatic rings. The minimum Gasteiger partial charge on any atom is -0.263 e. The summed E-state index contributed by atoms with van der Waals surface area (Å²) >= 11 is 5.55. The maximum absolute atomic E-state index is 11.7. The van der Waals surface area contributed by atoms with Crippen molar-refractivity contribution in [3.05, 3.63) is 24.5 Å². The van der Waals surface area contributed by atoms with Gasteiger partial charge in [0.05, 0.1) is 0 Å². The fourth-order valence-corrected chi connectivity index (χ4v) is 2.60. The van der Waals surface area contributed by atoms with Gasteiger partial charge >= 0.3 is 0 Å². The molecule has 17 heavy (non-hydrogen) atoms. The zero-order valence-corrected chi connectivity index (χ0v) is 11.2. The lowest BCUT2D eigenvalue weighted by Gasteiger charge is -2.05. The number of hydrogen-bond donors (Lipinski definition) is 1. The lowest BCUT2D eigenvalue weighted by molar-refractivity contribution is 0.573. The number of aromatic nitrogens is 1. The van der Waals surface area contributed by atoms with Gasteiger partial charge in [-0.3, -0.25) is 4.98 Å². The second kappa shape index (κ2) is 7.63. The lowest BCUT2D eigenvalue weighted by Crippen LogP contribution is -2.24. The Balaban J connectivity index is 2.31. The van der Waals surface area contributed by atoms with Gasteiger partial charge in [-0.15, -0.1) is 11.6 Å². The van der Waals surface area contributed by atoms with E-state index in [9.17, 15) is 8.42 Å². The van der Waals surface area contributed by atoms with Crippen molar-refractivity contribution in [1.82, 2.24) is 9.71 Å². The van der Waals surface area contributed by atoms with Gasteiger partial charge in [0.1, 0.15) is 4.90 Å². The maximum Gasteiger partial charge on any atom is 0.242 e. The van der Waals surface area contributed by atoms with Gasteiger partial charge in [-0.25, -0.2) is 13.1 Å². The number of pyridine rings is 1. The molecule has 0 unspecified atom stereocenters. The Morgan fingerprint density at radius 1 is 1.24 bits per heavy atom. The Labute approximate surface area is 107 Å². The van der Waals surface area contributed by atoms with Crippen molar-refractivity contribution in [1.29, 1.82) is 0 Å². The van der Waals surface area contributed by atoms with Crippen LogP contribution in [-0.2, 0) is 10.0 Å². The molecule has 0 saturated carbocycles. The standard InChI is InChI=1S/C11H17ClN2O2S/c12-7-3-1-2-4-9-14-17(15,16)11-6-5-8-13-10-11/h5-6,8,10,14H,1-4,7,9H2. The first-order chi connectivity index (χ1) is 8.17. The van der Waals surface area contributed by atoms with Crippen molar-refractivity contribution in [2.24, 2.45) is 0 Å². The average molecular weight is 277 g/mol. The summed E-state index contributed by atoms with van der Waals surface area (Å²) in [6.45, 7) is 0.458. The topological polar surface area (TPSA) is 59.1 Å². The van der Waals surface area contributed by atoms with E-state index in [4.69, 9.17) is 11.6 Å². The van der Waals surface area contributed by atoms with Gasteiger partial charge in [-0.2, -0.15) is 0 Å². The van der Waals surface area contributed by atoms with Gasteiger partial charge in [-0.05, 0) is 25.0 Å². The zero-order chi connectivity index (χ0) is 12.6. The van der Waals surface area contributed by atoms with E-state index in [-0.39, 0.29) is 4.90 Å². The molecular formula is C11H17ClN2O2S. The second-order valence-electron chi connectivity index (χ2n) is 3.69. The van der Waals surface area contributed by atoms with Crippen LogP contribution in [0.2, 0.25) is 0 Å². The molecule has 4 nitrogen and oxygen atoms in total. The second-order valence-corrected chi connectivity index (χ2v) is 5.83. The summed E-state index contributed by atoms with van der Waals surface area (Å²) in [4.78, 5) is 3.99. The fourth-order valence-electron chi connectivity index (χ4n) is 1.37. The van der Waals surface area contributed by atoms with Gasteiger partial charge in [0.15, 0.2) is 0 Å².